The number of sulfonamides is 1. The van der Waals surface area contributed by atoms with Crippen LogP contribution in [0.25, 0.3) is 0 Å². The highest BCUT2D eigenvalue weighted by Gasteiger charge is 2.27. The van der Waals surface area contributed by atoms with Gasteiger partial charge in [0.1, 0.15) is 0 Å². The van der Waals surface area contributed by atoms with Gasteiger partial charge in [0.15, 0.2) is 0 Å². The molecule has 1 saturated heterocycles. The van der Waals surface area contributed by atoms with Crippen LogP contribution in [0.3, 0.4) is 0 Å². The minimum Gasteiger partial charge on any atom is -0.381 e. The molecule has 0 saturated carbocycles. The van der Waals surface area contributed by atoms with Crippen molar-refractivity contribution < 1.29 is 13.2 Å². The molecule has 2 aliphatic heterocycles. The number of hydrogen-bond acceptors (Lipinski definition) is 7. The molecule has 2 aliphatic rings. The third-order valence-electron chi connectivity index (χ3n) is 4.21. The van der Waals surface area contributed by atoms with Gasteiger partial charge < -0.3 is 10.1 Å². The molecule has 1 aromatic rings. The van der Waals surface area contributed by atoms with E-state index in [1.165, 1.54) is 4.31 Å². The summed E-state index contributed by atoms with van der Waals surface area (Å²) in [5.74, 6) is 0.958. The molecule has 0 atom stereocenters. The number of rotatable bonds is 5. The summed E-state index contributed by atoms with van der Waals surface area (Å²) in [5.41, 5.74) is 1.82. The summed E-state index contributed by atoms with van der Waals surface area (Å²) in [4.78, 5) is 8.91. The second kappa shape index (κ2) is 7.33. The molecule has 0 unspecified atom stereocenters. The van der Waals surface area contributed by atoms with Crippen LogP contribution in [0.15, 0.2) is 6.20 Å². The summed E-state index contributed by atoms with van der Waals surface area (Å²) >= 11 is 4.03. The van der Waals surface area contributed by atoms with Gasteiger partial charge in [-0.1, -0.05) is 0 Å². The summed E-state index contributed by atoms with van der Waals surface area (Å²) in [6.45, 7) is 2.30. The molecule has 0 aromatic carbocycles. The lowest BCUT2D eigenvalue weighted by Crippen LogP contribution is -2.38. The first-order chi connectivity index (χ1) is 11.1. The highest BCUT2D eigenvalue weighted by molar-refractivity contribution is 7.90. The lowest BCUT2D eigenvalue weighted by Gasteiger charge is -2.28. The van der Waals surface area contributed by atoms with Crippen molar-refractivity contribution in [1.29, 1.82) is 0 Å². The monoisotopic (exact) mass is 358 g/mol. The van der Waals surface area contributed by atoms with Crippen molar-refractivity contribution in [1.82, 2.24) is 14.3 Å². The molecule has 0 aliphatic carbocycles. The summed E-state index contributed by atoms with van der Waals surface area (Å²) < 4.78 is 31.2. The molecule has 3 heterocycles. The molecule has 7 nitrogen and oxygen atoms in total. The Kier molecular flexibility index (Phi) is 5.40. The molecule has 1 aromatic heterocycles. The zero-order chi connectivity index (χ0) is 16.3. The van der Waals surface area contributed by atoms with Crippen molar-refractivity contribution in [3.8, 4) is 0 Å². The fourth-order valence-electron chi connectivity index (χ4n) is 2.86. The normalized spacial score (nSPS) is 20.2. The maximum Gasteiger partial charge on any atom is 0.223 e. The average Bonchev–Trinajstić information content (AvgIpc) is 2.55. The zero-order valence-corrected chi connectivity index (χ0v) is 14.7. The van der Waals surface area contributed by atoms with E-state index in [-0.39, 0.29) is 5.75 Å². The second-order valence-corrected chi connectivity index (χ2v) is 8.36. The van der Waals surface area contributed by atoms with Crippen LogP contribution < -0.4 is 5.32 Å². The Bertz CT molecular complexity index is 647. The molecule has 9 heteroatoms. The Morgan fingerprint density at radius 3 is 2.91 bits per heavy atom. The third-order valence-corrected chi connectivity index (χ3v) is 6.55. The van der Waals surface area contributed by atoms with E-state index in [1.807, 2.05) is 6.20 Å². The summed E-state index contributed by atoms with van der Waals surface area (Å²) in [6.07, 6.45) is 4.33. The maximum absolute atomic E-state index is 12.2. The van der Waals surface area contributed by atoms with Crippen LogP contribution in [0.2, 0.25) is 0 Å². The van der Waals surface area contributed by atoms with E-state index in [9.17, 15) is 8.42 Å². The van der Waals surface area contributed by atoms with Crippen LogP contribution in [0, 0.1) is 0 Å². The highest BCUT2D eigenvalue weighted by atomic mass is 32.2. The van der Waals surface area contributed by atoms with Gasteiger partial charge in [-0.25, -0.2) is 18.4 Å². The quantitative estimate of drug-likeness (QED) is 0.753. The first-order valence-electron chi connectivity index (χ1n) is 7.86. The summed E-state index contributed by atoms with van der Waals surface area (Å²) in [7, 11) is -3.26. The van der Waals surface area contributed by atoms with Gasteiger partial charge in [-0.05, 0) is 24.8 Å². The zero-order valence-electron chi connectivity index (χ0n) is 12.9. The summed E-state index contributed by atoms with van der Waals surface area (Å²) in [6, 6.07) is 0.314. The first-order valence-corrected chi connectivity index (χ1v) is 10.1. The lowest BCUT2D eigenvalue weighted by atomic mass is 10.1. The van der Waals surface area contributed by atoms with Gasteiger partial charge in [-0.15, -0.1) is 0 Å². The topological polar surface area (TPSA) is 84.4 Å². The molecule has 0 amide bonds. The van der Waals surface area contributed by atoms with E-state index >= 15 is 0 Å². The average molecular weight is 358 g/mol. The molecule has 1 N–H and O–H groups in total. The van der Waals surface area contributed by atoms with Gasteiger partial charge in [0.25, 0.3) is 0 Å². The Balaban J connectivity index is 1.72. The number of nitrogens with one attached hydrogen (secondary N) is 1. The number of anilines is 1. The van der Waals surface area contributed by atoms with Gasteiger partial charge in [0.2, 0.25) is 16.0 Å². The number of ether oxygens (including phenoxy) is 1. The van der Waals surface area contributed by atoms with E-state index in [0.717, 1.165) is 37.3 Å². The molecule has 23 heavy (non-hydrogen) atoms. The van der Waals surface area contributed by atoms with Crippen LogP contribution in [0.5, 0.6) is 0 Å². The number of aromatic nitrogens is 2. The smallest absolute Gasteiger partial charge is 0.223 e. The van der Waals surface area contributed by atoms with Crippen molar-refractivity contribution >= 4 is 28.6 Å². The molecular formula is C14H22N4O3S2. The first kappa shape index (κ1) is 16.9. The van der Waals surface area contributed by atoms with Crippen LogP contribution in [0.1, 0.15) is 24.1 Å². The molecule has 128 valence electrons. The van der Waals surface area contributed by atoms with Crippen LogP contribution >= 0.6 is 12.6 Å². The van der Waals surface area contributed by atoms with Gasteiger partial charge in [0.05, 0.1) is 18.0 Å². The molecule has 1 fully saturated rings. The van der Waals surface area contributed by atoms with E-state index in [0.29, 0.717) is 37.3 Å². The minimum atomic E-state index is -3.26. The Hall–Kier alpha value is -0.900. The standard InChI is InChI=1S/C14H22N4O3S2/c19-23(20,8-7-22)18-4-1-11-9-15-14(17-13(11)10-18)16-12-2-5-21-6-3-12/h9,12,22H,1-8,10H2,(H,15,16,17). The van der Waals surface area contributed by atoms with Crippen molar-refractivity contribution in [2.45, 2.75) is 31.8 Å². The van der Waals surface area contributed by atoms with Gasteiger partial charge in [-0.2, -0.15) is 16.9 Å². The van der Waals surface area contributed by atoms with Crippen LogP contribution in [0.4, 0.5) is 5.95 Å². The number of thiol groups is 1. The van der Waals surface area contributed by atoms with Crippen LogP contribution in [-0.4, -0.2) is 60.0 Å². The fraction of sp³-hybridized carbons (Fsp3) is 0.714. The Labute approximate surface area is 142 Å². The van der Waals surface area contributed by atoms with Crippen molar-refractivity contribution in [2.24, 2.45) is 0 Å². The molecule has 3 rings (SSSR count). The number of hydrogen-bond donors (Lipinski definition) is 2. The van der Waals surface area contributed by atoms with Gasteiger partial charge in [0, 0.05) is 37.8 Å². The lowest BCUT2D eigenvalue weighted by molar-refractivity contribution is 0.0903. The van der Waals surface area contributed by atoms with Gasteiger partial charge >= 0.3 is 0 Å². The molecule has 0 bridgehead atoms. The number of fused-ring (bicyclic) bond motifs is 1. The highest BCUT2D eigenvalue weighted by Crippen LogP contribution is 2.21. The predicted octanol–water partition coefficient (Wildman–Crippen LogP) is 0.685. The molecule has 0 radical (unpaired) electrons. The van der Waals surface area contributed by atoms with Crippen molar-refractivity contribution in [3.63, 3.8) is 0 Å². The Morgan fingerprint density at radius 2 is 2.17 bits per heavy atom. The van der Waals surface area contributed by atoms with Crippen molar-refractivity contribution in [3.05, 3.63) is 17.5 Å². The van der Waals surface area contributed by atoms with E-state index < -0.39 is 10.0 Å². The van der Waals surface area contributed by atoms with Crippen LogP contribution in [-0.2, 0) is 27.7 Å². The fourth-order valence-corrected chi connectivity index (χ4v) is 4.72. The van der Waals surface area contributed by atoms with E-state index in [2.05, 4.69) is 27.9 Å². The molecule has 0 spiro atoms. The number of nitrogens with zero attached hydrogens (tertiary/aromatic N) is 3. The summed E-state index contributed by atoms with van der Waals surface area (Å²) in [5, 5.41) is 3.33. The van der Waals surface area contributed by atoms with E-state index in [1.54, 1.807) is 0 Å². The largest absolute Gasteiger partial charge is 0.381 e. The Morgan fingerprint density at radius 1 is 1.39 bits per heavy atom. The maximum atomic E-state index is 12.2. The predicted molar refractivity (Wildman–Crippen MR) is 91.2 cm³/mol. The minimum absolute atomic E-state index is 0.0592. The third kappa shape index (κ3) is 4.14. The van der Waals surface area contributed by atoms with Crippen molar-refractivity contribution in [2.75, 3.05) is 36.6 Å². The van der Waals surface area contributed by atoms with Gasteiger partial charge in [-0.3, -0.25) is 0 Å². The SMILES string of the molecule is O=S(=O)(CCS)N1CCc2cnc(NC3CCOCC3)nc2C1. The second-order valence-electron chi connectivity index (χ2n) is 5.82. The van der Waals surface area contributed by atoms with E-state index in [4.69, 9.17) is 4.74 Å². The molecular weight excluding hydrogens is 336 g/mol.